The highest BCUT2D eigenvalue weighted by Gasteiger charge is 2.26. The monoisotopic (exact) mass is 428 g/mol. The van der Waals surface area contributed by atoms with Gasteiger partial charge in [-0.25, -0.2) is 13.1 Å². The smallest absolute Gasteiger partial charge is 0.249 e. The standard InChI is InChI=1S/C17H21FN4O4S2/c1-13(2)22-12-17(19-20-22)14-4-3-10-21(11-9-14)28(25,26)16-7-5-15(6-8-16)27(18,23)24/h4-8,12-13H,3,9-11H2,1-2H3. The van der Waals surface area contributed by atoms with Gasteiger partial charge in [-0.15, -0.1) is 8.98 Å². The van der Waals surface area contributed by atoms with E-state index in [1.807, 2.05) is 26.1 Å². The predicted octanol–water partition coefficient (Wildman–Crippen LogP) is 2.39. The van der Waals surface area contributed by atoms with Crippen molar-refractivity contribution in [2.45, 2.75) is 42.5 Å². The maximum absolute atomic E-state index is 13.0. The van der Waals surface area contributed by atoms with Gasteiger partial charge >= 0.3 is 10.2 Å². The van der Waals surface area contributed by atoms with Gasteiger partial charge in [-0.2, -0.15) is 12.7 Å². The van der Waals surface area contributed by atoms with Gasteiger partial charge in [-0.05, 0) is 56.5 Å². The lowest BCUT2D eigenvalue weighted by Crippen LogP contribution is -2.32. The van der Waals surface area contributed by atoms with Gasteiger partial charge in [0.15, 0.2) is 0 Å². The van der Waals surface area contributed by atoms with Crippen LogP contribution >= 0.6 is 0 Å². The van der Waals surface area contributed by atoms with Crippen LogP contribution in [0.3, 0.4) is 0 Å². The van der Waals surface area contributed by atoms with Crippen molar-refractivity contribution >= 4 is 25.8 Å². The average Bonchev–Trinajstić information content (AvgIpc) is 2.99. The molecular weight excluding hydrogens is 407 g/mol. The van der Waals surface area contributed by atoms with Crippen LogP contribution < -0.4 is 0 Å². The molecular formula is C17H21FN4O4S2. The Bertz CT molecular complexity index is 1090. The molecule has 11 heteroatoms. The minimum atomic E-state index is -4.87. The third-order valence-corrected chi connectivity index (χ3v) is 7.26. The zero-order valence-corrected chi connectivity index (χ0v) is 17.1. The van der Waals surface area contributed by atoms with Crippen molar-refractivity contribution in [3.63, 3.8) is 0 Å². The highest BCUT2D eigenvalue weighted by molar-refractivity contribution is 7.89. The van der Waals surface area contributed by atoms with Crippen molar-refractivity contribution < 1.29 is 20.7 Å². The van der Waals surface area contributed by atoms with Gasteiger partial charge in [0, 0.05) is 19.1 Å². The Kier molecular flexibility index (Phi) is 5.69. The molecule has 1 aromatic carbocycles. The third-order valence-electron chi connectivity index (χ3n) is 4.51. The van der Waals surface area contributed by atoms with E-state index in [9.17, 15) is 20.7 Å². The molecule has 8 nitrogen and oxygen atoms in total. The van der Waals surface area contributed by atoms with E-state index in [1.54, 1.807) is 4.68 Å². The van der Waals surface area contributed by atoms with Gasteiger partial charge in [-0.3, -0.25) is 0 Å². The summed E-state index contributed by atoms with van der Waals surface area (Å²) in [5.74, 6) is 0. The number of hydrogen-bond donors (Lipinski definition) is 0. The first-order valence-corrected chi connectivity index (χ1v) is 11.6. The lowest BCUT2D eigenvalue weighted by Gasteiger charge is -2.20. The summed E-state index contributed by atoms with van der Waals surface area (Å²) >= 11 is 0. The van der Waals surface area contributed by atoms with Gasteiger partial charge in [0.25, 0.3) is 0 Å². The van der Waals surface area contributed by atoms with Crippen LogP contribution in [0, 0.1) is 0 Å². The van der Waals surface area contributed by atoms with Crippen molar-refractivity contribution in [3.8, 4) is 0 Å². The van der Waals surface area contributed by atoms with Crippen LogP contribution in [-0.4, -0.2) is 49.2 Å². The molecule has 1 aromatic heterocycles. The lowest BCUT2D eigenvalue weighted by molar-refractivity contribution is 0.429. The Labute approximate surface area is 163 Å². The predicted molar refractivity (Wildman–Crippen MR) is 101 cm³/mol. The molecule has 0 spiro atoms. The molecule has 0 radical (unpaired) electrons. The molecule has 2 heterocycles. The van der Waals surface area contributed by atoms with E-state index in [4.69, 9.17) is 0 Å². The topological polar surface area (TPSA) is 102 Å². The Balaban J connectivity index is 1.76. The first-order chi connectivity index (χ1) is 13.1. The van der Waals surface area contributed by atoms with E-state index in [0.29, 0.717) is 12.8 Å². The highest BCUT2D eigenvalue weighted by Crippen LogP contribution is 2.25. The quantitative estimate of drug-likeness (QED) is 0.678. The summed E-state index contributed by atoms with van der Waals surface area (Å²) in [7, 11) is -8.69. The second-order valence-electron chi connectivity index (χ2n) is 6.76. The van der Waals surface area contributed by atoms with Crippen molar-refractivity contribution in [2.75, 3.05) is 13.1 Å². The van der Waals surface area contributed by atoms with Gasteiger partial charge in [0.2, 0.25) is 10.0 Å². The molecule has 28 heavy (non-hydrogen) atoms. The van der Waals surface area contributed by atoms with Crippen LogP contribution in [0.5, 0.6) is 0 Å². The molecule has 0 atom stereocenters. The molecule has 2 aromatic rings. The molecule has 0 saturated heterocycles. The molecule has 0 saturated carbocycles. The summed E-state index contributed by atoms with van der Waals surface area (Å²) in [4.78, 5) is -0.645. The number of benzene rings is 1. The summed E-state index contributed by atoms with van der Waals surface area (Å²) in [5, 5.41) is 8.24. The minimum absolute atomic E-state index is 0.0749. The van der Waals surface area contributed by atoms with E-state index < -0.39 is 25.1 Å². The third kappa shape index (κ3) is 4.31. The van der Waals surface area contributed by atoms with Gasteiger partial charge in [-0.1, -0.05) is 11.3 Å². The zero-order valence-electron chi connectivity index (χ0n) is 15.5. The molecule has 0 aliphatic carbocycles. The zero-order chi connectivity index (χ0) is 20.5. The van der Waals surface area contributed by atoms with Gasteiger partial charge < -0.3 is 0 Å². The second kappa shape index (κ2) is 7.72. The molecule has 0 amide bonds. The van der Waals surface area contributed by atoms with Crippen LogP contribution in [-0.2, 0) is 20.2 Å². The molecule has 1 aliphatic rings. The van der Waals surface area contributed by atoms with Crippen LogP contribution in [0.4, 0.5) is 3.89 Å². The number of halogens is 1. The summed E-state index contributed by atoms with van der Waals surface area (Å²) < 4.78 is 63.6. The maximum atomic E-state index is 13.0. The minimum Gasteiger partial charge on any atom is -0.249 e. The SMILES string of the molecule is CC(C)n1cc(C2=CCCN(S(=O)(=O)c3ccc(S(=O)(=O)F)cc3)CC2)nn1. The lowest BCUT2D eigenvalue weighted by atomic mass is 10.1. The van der Waals surface area contributed by atoms with E-state index in [0.717, 1.165) is 35.5 Å². The highest BCUT2D eigenvalue weighted by atomic mass is 32.3. The van der Waals surface area contributed by atoms with Crippen LogP contribution in [0.2, 0.25) is 0 Å². The Hall–Kier alpha value is -2.11. The molecule has 0 fully saturated rings. The largest absolute Gasteiger partial charge is 0.332 e. The number of sulfonamides is 1. The first kappa shape index (κ1) is 20.6. The van der Waals surface area contributed by atoms with Crippen LogP contribution in [0.1, 0.15) is 38.4 Å². The fourth-order valence-electron chi connectivity index (χ4n) is 2.91. The van der Waals surface area contributed by atoms with E-state index in [2.05, 4.69) is 10.3 Å². The van der Waals surface area contributed by atoms with Crippen molar-refractivity contribution in [3.05, 3.63) is 42.2 Å². The Morgan fingerprint density at radius 1 is 1.04 bits per heavy atom. The summed E-state index contributed by atoms with van der Waals surface area (Å²) in [6.07, 6.45) is 4.80. The molecule has 0 unspecified atom stereocenters. The maximum Gasteiger partial charge on any atom is 0.332 e. The molecule has 0 N–H and O–H groups in total. The van der Waals surface area contributed by atoms with Crippen LogP contribution in [0.25, 0.3) is 5.57 Å². The van der Waals surface area contributed by atoms with E-state index >= 15 is 0 Å². The molecule has 1 aliphatic heterocycles. The molecule has 0 bridgehead atoms. The van der Waals surface area contributed by atoms with Crippen molar-refractivity contribution in [1.82, 2.24) is 19.3 Å². The molecule has 3 rings (SSSR count). The van der Waals surface area contributed by atoms with Crippen LogP contribution in [0.15, 0.2) is 46.3 Å². The number of nitrogens with zero attached hydrogens (tertiary/aromatic N) is 4. The number of rotatable bonds is 5. The first-order valence-electron chi connectivity index (χ1n) is 8.75. The van der Waals surface area contributed by atoms with Crippen molar-refractivity contribution in [1.29, 1.82) is 0 Å². The van der Waals surface area contributed by atoms with E-state index in [-0.39, 0.29) is 24.0 Å². The number of aromatic nitrogens is 3. The summed E-state index contributed by atoms with van der Waals surface area (Å²) in [6, 6.07) is 4.30. The molecule has 152 valence electrons. The summed E-state index contributed by atoms with van der Waals surface area (Å²) in [6.45, 7) is 4.53. The van der Waals surface area contributed by atoms with E-state index in [1.165, 1.54) is 4.31 Å². The second-order valence-corrected chi connectivity index (χ2v) is 10.0. The fourth-order valence-corrected chi connectivity index (χ4v) is 4.83. The van der Waals surface area contributed by atoms with Crippen molar-refractivity contribution in [2.24, 2.45) is 0 Å². The fraction of sp³-hybridized carbons (Fsp3) is 0.412. The normalized spacial score (nSPS) is 16.8. The number of hydrogen-bond acceptors (Lipinski definition) is 6. The Morgan fingerprint density at radius 3 is 2.25 bits per heavy atom. The summed E-state index contributed by atoms with van der Waals surface area (Å²) in [5.41, 5.74) is 1.66. The van der Waals surface area contributed by atoms with Gasteiger partial charge in [0.1, 0.15) is 5.69 Å². The Morgan fingerprint density at radius 2 is 1.68 bits per heavy atom. The van der Waals surface area contributed by atoms with Gasteiger partial charge in [0.05, 0.1) is 16.0 Å². The average molecular weight is 429 g/mol.